The Morgan fingerprint density at radius 3 is 2.68 bits per heavy atom. The third-order valence-corrected chi connectivity index (χ3v) is 2.85. The van der Waals surface area contributed by atoms with E-state index in [4.69, 9.17) is 15.6 Å². The first-order valence-electron chi connectivity index (χ1n) is 6.04. The molecule has 0 saturated carbocycles. The van der Waals surface area contributed by atoms with Crippen molar-refractivity contribution in [2.45, 2.75) is 31.4 Å². The summed E-state index contributed by atoms with van der Waals surface area (Å²) in [6, 6.07) is -1.87. The number of amides is 3. The van der Waals surface area contributed by atoms with Crippen molar-refractivity contribution in [1.82, 2.24) is 10.2 Å². The van der Waals surface area contributed by atoms with Crippen LogP contribution in [0.4, 0.5) is 4.79 Å². The number of ether oxygens (including phenoxy) is 1. The van der Waals surface area contributed by atoms with Crippen LogP contribution in [-0.2, 0) is 14.3 Å². The molecule has 8 heteroatoms. The number of hydrogen-bond acceptors (Lipinski definition) is 4. The third-order valence-electron chi connectivity index (χ3n) is 2.85. The average molecular weight is 273 g/mol. The Hall–Kier alpha value is -1.83. The molecule has 1 aliphatic rings. The number of carbonyl (C=O) groups is 3. The zero-order valence-corrected chi connectivity index (χ0v) is 10.8. The lowest BCUT2D eigenvalue weighted by molar-refractivity contribution is -0.140. The van der Waals surface area contributed by atoms with Crippen LogP contribution in [0.1, 0.15) is 19.3 Å². The summed E-state index contributed by atoms with van der Waals surface area (Å²) in [5, 5.41) is 11.1. The number of nitrogens with one attached hydrogen (secondary N) is 1. The Balaban J connectivity index is 2.45. The van der Waals surface area contributed by atoms with E-state index in [1.165, 1.54) is 4.90 Å². The predicted molar refractivity (Wildman–Crippen MR) is 65.4 cm³/mol. The van der Waals surface area contributed by atoms with Crippen molar-refractivity contribution in [1.29, 1.82) is 0 Å². The van der Waals surface area contributed by atoms with Crippen LogP contribution in [0.5, 0.6) is 0 Å². The monoisotopic (exact) mass is 273 g/mol. The molecule has 2 atom stereocenters. The predicted octanol–water partition coefficient (Wildman–Crippen LogP) is -0.865. The number of carboxylic acids is 1. The number of aliphatic carboxylic acids is 1. The highest BCUT2D eigenvalue weighted by molar-refractivity contribution is 5.87. The summed E-state index contributed by atoms with van der Waals surface area (Å²) < 4.78 is 5.38. The van der Waals surface area contributed by atoms with Crippen molar-refractivity contribution >= 4 is 17.9 Å². The standard InChI is InChI=1S/C11H19N3O5/c1-14(6-7-3-2-4-19-7)11(18)13-8(10(16)17)5-9(12)15/h7-8H,2-6H2,1H3,(H2,12,15)(H,13,18)(H,16,17). The van der Waals surface area contributed by atoms with E-state index in [2.05, 4.69) is 5.32 Å². The van der Waals surface area contributed by atoms with Gasteiger partial charge < -0.3 is 25.8 Å². The lowest BCUT2D eigenvalue weighted by Gasteiger charge is -2.23. The second kappa shape index (κ2) is 6.93. The van der Waals surface area contributed by atoms with E-state index in [0.717, 1.165) is 12.8 Å². The Labute approximate surface area is 110 Å². The number of carboxylic acid groups (broad SMARTS) is 1. The van der Waals surface area contributed by atoms with Crippen LogP contribution in [0.25, 0.3) is 0 Å². The molecule has 3 amide bonds. The summed E-state index contributed by atoms with van der Waals surface area (Å²) in [7, 11) is 1.54. The van der Waals surface area contributed by atoms with Gasteiger partial charge >= 0.3 is 12.0 Å². The normalized spacial score (nSPS) is 19.7. The molecular weight excluding hydrogens is 254 g/mol. The molecule has 1 heterocycles. The van der Waals surface area contributed by atoms with Crippen molar-refractivity contribution in [3.63, 3.8) is 0 Å². The van der Waals surface area contributed by atoms with Crippen LogP contribution in [0.3, 0.4) is 0 Å². The molecule has 0 aliphatic carbocycles. The maximum atomic E-state index is 11.8. The molecule has 0 aromatic rings. The lowest BCUT2D eigenvalue weighted by atomic mass is 10.2. The zero-order valence-electron chi connectivity index (χ0n) is 10.8. The van der Waals surface area contributed by atoms with Gasteiger partial charge in [-0.25, -0.2) is 9.59 Å². The SMILES string of the molecule is CN(CC1CCCO1)C(=O)NC(CC(N)=O)C(=O)O. The molecule has 0 bridgehead atoms. The maximum absolute atomic E-state index is 11.8. The summed E-state index contributed by atoms with van der Waals surface area (Å²) >= 11 is 0. The number of primary amides is 1. The fourth-order valence-corrected chi connectivity index (χ4v) is 1.84. The highest BCUT2D eigenvalue weighted by Crippen LogP contribution is 2.12. The Morgan fingerprint density at radius 1 is 1.53 bits per heavy atom. The lowest BCUT2D eigenvalue weighted by Crippen LogP contribution is -2.49. The highest BCUT2D eigenvalue weighted by Gasteiger charge is 2.25. The first-order chi connectivity index (χ1) is 8.90. The third kappa shape index (κ3) is 5.12. The number of nitrogens with zero attached hydrogens (tertiary/aromatic N) is 1. The number of rotatable bonds is 6. The number of hydrogen-bond donors (Lipinski definition) is 3. The van der Waals surface area contributed by atoms with Gasteiger partial charge in [0.1, 0.15) is 6.04 Å². The largest absolute Gasteiger partial charge is 0.480 e. The van der Waals surface area contributed by atoms with Crippen LogP contribution in [0, 0.1) is 0 Å². The summed E-state index contributed by atoms with van der Waals surface area (Å²) in [6.07, 6.45) is 1.38. The summed E-state index contributed by atoms with van der Waals surface area (Å²) in [5.41, 5.74) is 4.93. The summed E-state index contributed by atoms with van der Waals surface area (Å²) in [6.45, 7) is 1.06. The van der Waals surface area contributed by atoms with Gasteiger partial charge in [0, 0.05) is 20.2 Å². The van der Waals surface area contributed by atoms with Crippen molar-refractivity contribution < 1.29 is 24.2 Å². The Kier molecular flexibility index (Phi) is 5.56. The number of likely N-dealkylation sites (N-methyl/N-ethyl adjacent to an activating group) is 1. The summed E-state index contributed by atoms with van der Waals surface area (Å²) in [5.74, 6) is -2.08. The molecule has 1 saturated heterocycles. The Bertz CT molecular complexity index is 354. The fraction of sp³-hybridized carbons (Fsp3) is 0.727. The molecule has 0 spiro atoms. The molecule has 0 aromatic carbocycles. The van der Waals surface area contributed by atoms with Gasteiger partial charge in [-0.3, -0.25) is 4.79 Å². The van der Waals surface area contributed by atoms with Crippen molar-refractivity contribution in [3.05, 3.63) is 0 Å². The van der Waals surface area contributed by atoms with Gasteiger partial charge in [0.25, 0.3) is 0 Å². The van der Waals surface area contributed by atoms with Crippen LogP contribution >= 0.6 is 0 Å². The van der Waals surface area contributed by atoms with E-state index in [1.54, 1.807) is 7.05 Å². The molecule has 1 fully saturated rings. The van der Waals surface area contributed by atoms with E-state index in [1.807, 2.05) is 0 Å². The Morgan fingerprint density at radius 2 is 2.21 bits per heavy atom. The van der Waals surface area contributed by atoms with Gasteiger partial charge in [0.05, 0.1) is 12.5 Å². The number of nitrogens with two attached hydrogens (primary N) is 1. The van der Waals surface area contributed by atoms with Crippen molar-refractivity contribution in [2.75, 3.05) is 20.2 Å². The maximum Gasteiger partial charge on any atom is 0.326 e. The average Bonchev–Trinajstić information content (AvgIpc) is 2.79. The molecule has 108 valence electrons. The molecule has 19 heavy (non-hydrogen) atoms. The van der Waals surface area contributed by atoms with Crippen LogP contribution < -0.4 is 11.1 Å². The van der Waals surface area contributed by atoms with Crippen LogP contribution in [0.2, 0.25) is 0 Å². The van der Waals surface area contributed by atoms with Crippen LogP contribution in [-0.4, -0.2) is 60.3 Å². The fourth-order valence-electron chi connectivity index (χ4n) is 1.84. The van der Waals surface area contributed by atoms with E-state index in [9.17, 15) is 14.4 Å². The quantitative estimate of drug-likeness (QED) is 0.581. The number of urea groups is 1. The molecule has 4 N–H and O–H groups in total. The smallest absolute Gasteiger partial charge is 0.326 e. The molecule has 0 aromatic heterocycles. The van der Waals surface area contributed by atoms with Gasteiger partial charge in [-0.2, -0.15) is 0 Å². The number of carbonyl (C=O) groups excluding carboxylic acids is 2. The van der Waals surface area contributed by atoms with E-state index in [-0.39, 0.29) is 6.10 Å². The van der Waals surface area contributed by atoms with Crippen molar-refractivity contribution in [2.24, 2.45) is 5.73 Å². The molecule has 0 radical (unpaired) electrons. The van der Waals surface area contributed by atoms with Gasteiger partial charge in [0.15, 0.2) is 0 Å². The van der Waals surface area contributed by atoms with Gasteiger partial charge in [0.2, 0.25) is 5.91 Å². The van der Waals surface area contributed by atoms with E-state index in [0.29, 0.717) is 13.2 Å². The van der Waals surface area contributed by atoms with Gasteiger partial charge in [-0.05, 0) is 12.8 Å². The molecule has 2 unspecified atom stereocenters. The molecule has 8 nitrogen and oxygen atoms in total. The second-order valence-electron chi connectivity index (χ2n) is 4.53. The first kappa shape index (κ1) is 15.2. The molecular formula is C11H19N3O5. The minimum absolute atomic E-state index is 0.0184. The van der Waals surface area contributed by atoms with Crippen LogP contribution in [0.15, 0.2) is 0 Å². The van der Waals surface area contributed by atoms with E-state index >= 15 is 0 Å². The minimum atomic E-state index is -1.31. The summed E-state index contributed by atoms with van der Waals surface area (Å²) in [4.78, 5) is 34.7. The zero-order chi connectivity index (χ0) is 14.4. The second-order valence-corrected chi connectivity index (χ2v) is 4.53. The van der Waals surface area contributed by atoms with Crippen molar-refractivity contribution in [3.8, 4) is 0 Å². The minimum Gasteiger partial charge on any atom is -0.480 e. The first-order valence-corrected chi connectivity index (χ1v) is 6.04. The van der Waals surface area contributed by atoms with Gasteiger partial charge in [-0.1, -0.05) is 0 Å². The topological polar surface area (TPSA) is 122 Å². The molecule has 1 rings (SSSR count). The highest BCUT2D eigenvalue weighted by atomic mass is 16.5. The molecule has 1 aliphatic heterocycles. The van der Waals surface area contributed by atoms with Gasteiger partial charge in [-0.15, -0.1) is 0 Å². The van der Waals surface area contributed by atoms with E-state index < -0.39 is 30.4 Å².